The van der Waals surface area contributed by atoms with E-state index in [2.05, 4.69) is 4.72 Å². The molecule has 2 aromatic rings. The predicted octanol–water partition coefficient (Wildman–Crippen LogP) is 2.16. The van der Waals surface area contributed by atoms with E-state index in [4.69, 9.17) is 9.52 Å². The number of halogens is 1. The van der Waals surface area contributed by atoms with Crippen LogP contribution in [0.25, 0.3) is 0 Å². The summed E-state index contributed by atoms with van der Waals surface area (Å²) in [7, 11) is -4.08. The van der Waals surface area contributed by atoms with Gasteiger partial charge in [0.15, 0.2) is 0 Å². The highest BCUT2D eigenvalue weighted by Crippen LogP contribution is 2.20. The quantitative estimate of drug-likeness (QED) is 0.881. The van der Waals surface area contributed by atoms with Crippen LogP contribution in [0.4, 0.5) is 4.39 Å². The summed E-state index contributed by atoms with van der Waals surface area (Å²) < 4.78 is 44.6. The van der Waals surface area contributed by atoms with Crippen molar-refractivity contribution in [3.8, 4) is 0 Å². The maximum atomic E-state index is 13.6. The van der Waals surface area contributed by atoms with E-state index in [0.29, 0.717) is 0 Å². The van der Waals surface area contributed by atoms with Gasteiger partial charge in [0, 0.05) is 11.6 Å². The fraction of sp³-hybridized carbons (Fsp3) is 0.154. The molecule has 0 saturated heterocycles. The van der Waals surface area contributed by atoms with Gasteiger partial charge in [-0.1, -0.05) is 18.2 Å². The summed E-state index contributed by atoms with van der Waals surface area (Å²) in [5.41, 5.74) is 0.172. The smallest absolute Gasteiger partial charge is 0.371 e. The summed E-state index contributed by atoms with van der Waals surface area (Å²) in [4.78, 5) is 10.7. The summed E-state index contributed by atoms with van der Waals surface area (Å²) in [6, 6.07) is 6.96. The molecule has 0 unspecified atom stereocenters. The Bertz CT molecular complexity index is 768. The maximum absolute atomic E-state index is 13.6. The molecule has 0 aliphatic carbocycles. The van der Waals surface area contributed by atoms with E-state index in [1.807, 2.05) is 0 Å². The summed E-state index contributed by atoms with van der Waals surface area (Å²) in [5.74, 6) is -2.41. The van der Waals surface area contributed by atoms with E-state index in [0.717, 1.165) is 12.1 Å². The molecule has 0 aliphatic rings. The molecule has 2 rings (SSSR count). The van der Waals surface area contributed by atoms with E-state index >= 15 is 0 Å². The first-order valence-corrected chi connectivity index (χ1v) is 7.39. The minimum atomic E-state index is -4.08. The van der Waals surface area contributed by atoms with Gasteiger partial charge < -0.3 is 9.52 Å². The summed E-state index contributed by atoms with van der Waals surface area (Å²) in [5, 5.41) is 8.16. The molecule has 0 aliphatic heterocycles. The van der Waals surface area contributed by atoms with Crippen molar-refractivity contribution in [3.63, 3.8) is 0 Å². The van der Waals surface area contributed by atoms with Crippen LogP contribution in [0.15, 0.2) is 45.9 Å². The number of nitrogens with one attached hydrogen (secondary N) is 1. The number of aromatic carboxylic acids is 1. The first-order valence-electron chi connectivity index (χ1n) is 5.91. The molecule has 2 N–H and O–H groups in total. The average Bonchev–Trinajstić information content (AvgIpc) is 2.89. The van der Waals surface area contributed by atoms with Crippen LogP contribution in [0.3, 0.4) is 0 Å². The molecule has 1 aromatic heterocycles. The molecule has 0 fully saturated rings. The second-order valence-corrected chi connectivity index (χ2v) is 5.93. The van der Waals surface area contributed by atoms with Gasteiger partial charge in [0.25, 0.3) is 10.0 Å². The second kappa shape index (κ2) is 5.66. The number of hydrogen-bond donors (Lipinski definition) is 2. The lowest BCUT2D eigenvalue weighted by Gasteiger charge is -2.14. The largest absolute Gasteiger partial charge is 0.475 e. The lowest BCUT2D eigenvalue weighted by molar-refractivity contribution is 0.0656. The Morgan fingerprint density at radius 3 is 2.52 bits per heavy atom. The van der Waals surface area contributed by atoms with E-state index in [1.165, 1.54) is 25.1 Å². The zero-order valence-corrected chi connectivity index (χ0v) is 11.7. The monoisotopic (exact) mass is 313 g/mol. The molecule has 0 saturated carbocycles. The van der Waals surface area contributed by atoms with Crippen LogP contribution in [-0.2, 0) is 10.0 Å². The molecule has 1 heterocycles. The zero-order chi connectivity index (χ0) is 15.6. The fourth-order valence-electron chi connectivity index (χ4n) is 1.76. The maximum Gasteiger partial charge on any atom is 0.371 e. The Morgan fingerprint density at radius 2 is 1.95 bits per heavy atom. The SMILES string of the molecule is C[C@@H](NS(=O)(=O)c1ccc(C(=O)O)o1)c1ccccc1F. The van der Waals surface area contributed by atoms with Gasteiger partial charge in [-0.15, -0.1) is 0 Å². The number of benzene rings is 1. The van der Waals surface area contributed by atoms with Crippen LogP contribution in [0.5, 0.6) is 0 Å². The van der Waals surface area contributed by atoms with Crippen LogP contribution in [-0.4, -0.2) is 19.5 Å². The molecule has 6 nitrogen and oxygen atoms in total. The van der Waals surface area contributed by atoms with Crippen molar-refractivity contribution in [2.45, 2.75) is 18.1 Å². The molecule has 0 bridgehead atoms. The first kappa shape index (κ1) is 15.2. The van der Waals surface area contributed by atoms with E-state index in [9.17, 15) is 17.6 Å². The van der Waals surface area contributed by atoms with Crippen molar-refractivity contribution in [1.29, 1.82) is 0 Å². The Morgan fingerprint density at radius 1 is 1.29 bits per heavy atom. The van der Waals surface area contributed by atoms with Crippen molar-refractivity contribution in [2.75, 3.05) is 0 Å². The van der Waals surface area contributed by atoms with Crippen LogP contribution < -0.4 is 4.72 Å². The third-order valence-corrected chi connectivity index (χ3v) is 4.17. The van der Waals surface area contributed by atoms with Crippen LogP contribution in [0.2, 0.25) is 0 Å². The van der Waals surface area contributed by atoms with E-state index < -0.39 is 38.7 Å². The van der Waals surface area contributed by atoms with Gasteiger partial charge in [0.2, 0.25) is 10.9 Å². The molecular formula is C13H12FNO5S. The van der Waals surface area contributed by atoms with Gasteiger partial charge in [-0.25, -0.2) is 22.3 Å². The number of carboxylic acids is 1. The summed E-state index contributed by atoms with van der Waals surface area (Å²) >= 11 is 0. The van der Waals surface area contributed by atoms with Crippen LogP contribution in [0.1, 0.15) is 29.1 Å². The summed E-state index contributed by atoms with van der Waals surface area (Å²) in [6.45, 7) is 1.47. The third-order valence-electron chi connectivity index (χ3n) is 2.76. The van der Waals surface area contributed by atoms with Crippen molar-refractivity contribution in [1.82, 2.24) is 4.72 Å². The predicted molar refractivity (Wildman–Crippen MR) is 70.8 cm³/mol. The topological polar surface area (TPSA) is 96.6 Å². The lowest BCUT2D eigenvalue weighted by atomic mass is 10.1. The van der Waals surface area contributed by atoms with Crippen molar-refractivity contribution < 1.29 is 27.1 Å². The normalized spacial score (nSPS) is 13.0. The van der Waals surface area contributed by atoms with Gasteiger partial charge in [-0.3, -0.25) is 0 Å². The van der Waals surface area contributed by atoms with Crippen LogP contribution in [0, 0.1) is 5.82 Å². The van der Waals surface area contributed by atoms with Crippen molar-refractivity contribution >= 4 is 16.0 Å². The second-order valence-electron chi connectivity index (χ2n) is 4.29. The Hall–Kier alpha value is -2.19. The van der Waals surface area contributed by atoms with Gasteiger partial charge in [0.1, 0.15) is 5.82 Å². The van der Waals surface area contributed by atoms with Crippen molar-refractivity contribution in [3.05, 3.63) is 53.5 Å². The average molecular weight is 313 g/mol. The number of sulfonamides is 1. The number of furan rings is 1. The number of rotatable bonds is 5. The molecule has 0 amide bonds. The molecule has 0 spiro atoms. The number of carbonyl (C=O) groups is 1. The highest BCUT2D eigenvalue weighted by Gasteiger charge is 2.24. The molecule has 21 heavy (non-hydrogen) atoms. The highest BCUT2D eigenvalue weighted by atomic mass is 32.2. The molecule has 112 valence electrons. The molecular weight excluding hydrogens is 301 g/mol. The van der Waals surface area contributed by atoms with E-state index in [-0.39, 0.29) is 5.56 Å². The Kier molecular flexibility index (Phi) is 4.10. The number of carboxylic acid groups (broad SMARTS) is 1. The van der Waals surface area contributed by atoms with Crippen LogP contribution >= 0.6 is 0 Å². The number of hydrogen-bond acceptors (Lipinski definition) is 4. The molecule has 0 radical (unpaired) electrons. The lowest BCUT2D eigenvalue weighted by Crippen LogP contribution is -2.27. The fourth-order valence-corrected chi connectivity index (χ4v) is 2.92. The minimum absolute atomic E-state index is 0.172. The molecule has 1 aromatic carbocycles. The third kappa shape index (κ3) is 3.29. The van der Waals surface area contributed by atoms with Gasteiger partial charge in [-0.05, 0) is 25.1 Å². The minimum Gasteiger partial charge on any atom is -0.475 e. The van der Waals surface area contributed by atoms with Gasteiger partial charge >= 0.3 is 5.97 Å². The van der Waals surface area contributed by atoms with Crippen molar-refractivity contribution in [2.24, 2.45) is 0 Å². The standard InChI is InChI=1S/C13H12FNO5S/c1-8(9-4-2-3-5-10(9)14)15-21(18,19)12-7-6-11(20-12)13(16)17/h2-8,15H,1H3,(H,16,17)/t8-/m1/s1. The first-order chi connectivity index (χ1) is 9.81. The van der Waals surface area contributed by atoms with Gasteiger partial charge in [-0.2, -0.15) is 0 Å². The zero-order valence-electron chi connectivity index (χ0n) is 10.9. The van der Waals surface area contributed by atoms with Gasteiger partial charge in [0.05, 0.1) is 0 Å². The summed E-state index contributed by atoms with van der Waals surface area (Å²) in [6.07, 6.45) is 0. The molecule has 1 atom stereocenters. The Labute approximate surface area is 120 Å². The molecule has 8 heteroatoms. The van der Waals surface area contributed by atoms with E-state index in [1.54, 1.807) is 6.07 Å². The highest BCUT2D eigenvalue weighted by molar-refractivity contribution is 7.89. The Balaban J connectivity index is 2.24.